The van der Waals surface area contributed by atoms with Crippen molar-refractivity contribution in [3.63, 3.8) is 0 Å². The fourth-order valence-electron chi connectivity index (χ4n) is 10.5. The van der Waals surface area contributed by atoms with E-state index in [9.17, 15) is 74.4 Å². The van der Waals surface area contributed by atoms with E-state index < -0.39 is 183 Å². The second-order valence-electron chi connectivity index (χ2n) is 24.0. The Hall–Kier alpha value is -8.54. The lowest BCUT2D eigenvalue weighted by molar-refractivity contribution is -0.372. The summed E-state index contributed by atoms with van der Waals surface area (Å²) in [6.07, 6.45) is -21.9. The van der Waals surface area contributed by atoms with Gasteiger partial charge in [-0.1, -0.05) is 13.0 Å². The van der Waals surface area contributed by atoms with Crippen molar-refractivity contribution in [2.75, 3.05) is 51.7 Å². The van der Waals surface area contributed by atoms with Gasteiger partial charge in [0.15, 0.2) is 18.7 Å². The molecule has 26 N–H and O–H groups in total. The number of rotatable bonds is 38. The van der Waals surface area contributed by atoms with Gasteiger partial charge in [0.05, 0.1) is 72.7 Å². The minimum atomic E-state index is -2.20. The number of ether oxygens (including phenoxy) is 5. The highest BCUT2D eigenvalue weighted by Gasteiger charge is 2.54. The lowest BCUT2D eigenvalue weighted by Crippen LogP contribution is -2.65. The number of carbonyl (C=O) groups excluding carboxylic acids is 8. The summed E-state index contributed by atoms with van der Waals surface area (Å²) in [5, 5.41) is 112. The number of amides is 8. The normalized spacial score (nSPS) is 23.2. The van der Waals surface area contributed by atoms with Crippen molar-refractivity contribution in [3.05, 3.63) is 86.9 Å². The average molecular weight is 1470 g/mol. The van der Waals surface area contributed by atoms with Crippen LogP contribution in [0.2, 0.25) is 0 Å². The number of pyridine rings is 1. The maximum Gasteiger partial charge on any atom is 0.404 e. The van der Waals surface area contributed by atoms with Gasteiger partial charge in [-0.2, -0.15) is 0 Å². The Morgan fingerprint density at radius 1 is 0.755 bits per heavy atom. The second kappa shape index (κ2) is 38.1. The zero-order valence-corrected chi connectivity index (χ0v) is 57.3. The third-order valence-corrected chi connectivity index (χ3v) is 18.1. The van der Waals surface area contributed by atoms with Crippen LogP contribution in [0.5, 0.6) is 0 Å². The molecule has 5 aromatic heterocycles. The third-order valence-electron chi connectivity index (χ3n) is 16.4. The molecule has 8 amide bonds. The quantitative estimate of drug-likeness (QED) is 0.0163. The number of nitrogens with two attached hydrogens (primary N) is 5. The van der Waals surface area contributed by atoms with Crippen molar-refractivity contribution in [1.82, 2.24) is 72.1 Å². The lowest BCUT2D eigenvalue weighted by atomic mass is 9.96. The number of nitrogen functional groups attached to an aromatic ring is 1. The molecule has 0 aromatic carbocycles. The number of nitrogens with one attached hydrogen (secondary N) is 8. The Balaban J connectivity index is 1.07. The van der Waals surface area contributed by atoms with Gasteiger partial charge < -0.3 is 135 Å². The standard InChI is InChI=1S/C60H87N19O21S2/c1-24-38(76-51(79-49(24)63)30(16-36(62)83)71-17-29(61)50(64)89)55(93)78-40(46(31-18-67-23-72-31)98-59-48(44(87)42(85)34(19-80)97-59)99-58-45(88)47(100-60(65)95)43(86)35(20-81)96-58)56(94)73-26(3)41(84)25(2)52(90)77-39(27(4)82)54(92)70-15-10-37-74-33(22-101-37)57-75-32(21-102-57)53(91)69-13-7-11-66-14-9-28-8-5-6-12-68-28/h5-6,8,12,18,21-23,25-27,29-30,34-35,39-48,58-59,66,71,80-82,84-88H,7,9-11,13-17,19-20,61H2,1-4H3,(H2,62,83)(H2,64,89)(H2,65,95)(H,67,72)(H,69,91)(H,70,92)(H,73,94)(H,77,90)(H,78,93)(H2,63,76,79)/t25-,26+,27+,29-,30-,34-,35+,39-,40-,41-,42+,43+,44-,45-,46-,47-,48-,58+,59-/m0/s1. The maximum atomic E-state index is 15.2. The molecule has 0 spiro atoms. The minimum absolute atomic E-state index is 0.0178. The molecule has 0 saturated carbocycles. The molecule has 2 aliphatic rings. The van der Waals surface area contributed by atoms with Crippen molar-refractivity contribution in [1.29, 1.82) is 0 Å². The highest BCUT2D eigenvalue weighted by atomic mass is 32.1. The summed E-state index contributed by atoms with van der Waals surface area (Å²) in [6, 6.07) is -2.13. The number of carbonyl (C=O) groups is 8. The van der Waals surface area contributed by atoms with Gasteiger partial charge in [-0.25, -0.2) is 29.7 Å². The summed E-state index contributed by atoms with van der Waals surface area (Å²) >= 11 is 2.50. The number of nitrogens with zero attached hydrogens (tertiary/aromatic N) is 6. The number of primary amides is 3. The highest BCUT2D eigenvalue weighted by Crippen LogP contribution is 2.35. The van der Waals surface area contributed by atoms with Crippen LogP contribution in [-0.2, 0) is 60.5 Å². The second-order valence-corrected chi connectivity index (χ2v) is 25.8. The van der Waals surface area contributed by atoms with Crippen LogP contribution in [0.4, 0.5) is 10.6 Å². The van der Waals surface area contributed by atoms with E-state index in [4.69, 9.17) is 52.4 Å². The number of thiazole rings is 2. The van der Waals surface area contributed by atoms with E-state index in [0.29, 0.717) is 35.2 Å². The molecule has 7 rings (SSSR count). The van der Waals surface area contributed by atoms with Crippen molar-refractivity contribution in [2.45, 2.75) is 163 Å². The molecule has 0 radical (unpaired) electrons. The molecule has 0 bridgehead atoms. The van der Waals surface area contributed by atoms with Crippen LogP contribution in [0.25, 0.3) is 10.7 Å². The van der Waals surface area contributed by atoms with Gasteiger partial charge in [0.2, 0.25) is 29.5 Å². The molecule has 42 heteroatoms. The van der Waals surface area contributed by atoms with Crippen molar-refractivity contribution in [2.24, 2.45) is 28.9 Å². The lowest BCUT2D eigenvalue weighted by Gasteiger charge is -2.47. The molecular formula is C60H87N19O21S2. The molecule has 7 heterocycles. The summed E-state index contributed by atoms with van der Waals surface area (Å²) in [5.41, 5.74) is 29.0. The van der Waals surface area contributed by atoms with E-state index in [2.05, 4.69) is 72.1 Å². The molecule has 0 unspecified atom stereocenters. The summed E-state index contributed by atoms with van der Waals surface area (Å²) < 4.78 is 28.8. The fourth-order valence-corrected chi connectivity index (χ4v) is 12.2. The number of hydrogen-bond donors (Lipinski definition) is 21. The Kier molecular flexibility index (Phi) is 30.2. The van der Waals surface area contributed by atoms with Crippen LogP contribution in [0.3, 0.4) is 0 Å². The molecule has 40 nitrogen and oxygen atoms in total. The van der Waals surface area contributed by atoms with E-state index in [1.807, 2.05) is 18.2 Å². The Bertz CT molecular complexity index is 3600. The summed E-state index contributed by atoms with van der Waals surface area (Å²) in [5.74, 6) is -8.76. The number of hydrogen-bond acceptors (Lipinski definition) is 33. The van der Waals surface area contributed by atoms with Gasteiger partial charge >= 0.3 is 6.09 Å². The van der Waals surface area contributed by atoms with Crippen molar-refractivity contribution >= 4 is 75.9 Å². The zero-order chi connectivity index (χ0) is 74.6. The molecule has 102 heavy (non-hydrogen) atoms. The molecule has 2 fully saturated rings. The van der Waals surface area contributed by atoms with Crippen LogP contribution in [0, 0.1) is 12.8 Å². The number of H-pyrrole nitrogens is 1. The first-order chi connectivity index (χ1) is 48.5. The monoisotopic (exact) mass is 1470 g/mol. The number of aliphatic hydroxyl groups excluding tert-OH is 8. The van der Waals surface area contributed by atoms with Gasteiger partial charge in [-0.05, 0) is 45.9 Å². The Morgan fingerprint density at radius 3 is 2.14 bits per heavy atom. The first kappa shape index (κ1) is 80.8. The topological polar surface area (TPSA) is 652 Å². The van der Waals surface area contributed by atoms with Crippen molar-refractivity contribution < 1.29 is 103 Å². The zero-order valence-electron chi connectivity index (χ0n) is 55.6. The number of anilines is 1. The maximum absolute atomic E-state index is 15.2. The van der Waals surface area contributed by atoms with Crippen LogP contribution in [-0.4, -0.2) is 267 Å². The molecule has 0 aliphatic carbocycles. The van der Waals surface area contributed by atoms with Gasteiger partial charge in [0, 0.05) is 73.7 Å². The number of aliphatic hydroxyl groups is 8. The first-order valence-electron chi connectivity index (χ1n) is 32.1. The van der Waals surface area contributed by atoms with Gasteiger partial charge in [-0.15, -0.1) is 22.7 Å². The van der Waals surface area contributed by atoms with Gasteiger partial charge in [0.25, 0.3) is 11.8 Å². The minimum Gasteiger partial charge on any atom is -0.441 e. The van der Waals surface area contributed by atoms with Gasteiger partial charge in [-0.3, -0.25) is 38.5 Å². The predicted octanol–water partition coefficient (Wildman–Crippen LogP) is -7.35. The fraction of sp³-hybridized carbons (Fsp3) is 0.567. The van der Waals surface area contributed by atoms with E-state index in [1.54, 1.807) is 17.0 Å². The summed E-state index contributed by atoms with van der Waals surface area (Å²) in [4.78, 5) is 135. The first-order valence-corrected chi connectivity index (χ1v) is 33.8. The smallest absolute Gasteiger partial charge is 0.404 e. The number of imidazole rings is 1. The molecule has 19 atom stereocenters. The predicted molar refractivity (Wildman–Crippen MR) is 356 cm³/mol. The number of aromatic amines is 1. The van der Waals surface area contributed by atoms with Crippen LogP contribution in [0.15, 0.2) is 47.7 Å². The van der Waals surface area contributed by atoms with Crippen LogP contribution >= 0.6 is 22.7 Å². The summed E-state index contributed by atoms with van der Waals surface area (Å²) in [7, 11) is 0. The van der Waals surface area contributed by atoms with E-state index in [-0.39, 0.29) is 54.0 Å². The molecule has 560 valence electrons. The van der Waals surface area contributed by atoms with E-state index in [1.165, 1.54) is 50.4 Å². The largest absolute Gasteiger partial charge is 0.441 e. The molecular weight excluding hydrogens is 1390 g/mol. The highest BCUT2D eigenvalue weighted by molar-refractivity contribution is 7.14. The molecule has 2 aliphatic heterocycles. The van der Waals surface area contributed by atoms with E-state index in [0.717, 1.165) is 31.2 Å². The average Bonchev–Trinajstić information content (AvgIpc) is 1.05. The van der Waals surface area contributed by atoms with Crippen molar-refractivity contribution in [3.8, 4) is 10.7 Å². The molecule has 2 saturated heterocycles. The van der Waals surface area contributed by atoms with Gasteiger partial charge in [0.1, 0.15) is 94.6 Å². The van der Waals surface area contributed by atoms with E-state index >= 15 is 4.79 Å². The number of aromatic nitrogens is 7. The summed E-state index contributed by atoms with van der Waals surface area (Å²) in [6.45, 7) is 4.49. The molecule has 5 aromatic rings. The van der Waals surface area contributed by atoms with Crippen LogP contribution < -0.4 is 65.9 Å². The Labute approximate surface area is 590 Å². The third kappa shape index (κ3) is 21.8. The van der Waals surface area contributed by atoms with Crippen LogP contribution in [0.1, 0.15) is 94.5 Å². The Morgan fingerprint density at radius 2 is 1.48 bits per heavy atom. The SMILES string of the molecule is Cc1c(N)nc([C@H](CC(N)=O)NC[C@H](N)C(N)=O)nc1C(=O)N[C@H](C(=O)N[C@H](C)[C@@H](O)[C@H](C)C(=O)N[C@H](C(=O)NCCc1nc(-c2nc(C(=O)NCCCNCCc3ccccn3)cs2)cs1)[C@@H](C)O)[C@@H](O[C@@H]1O[C@@H](CO)[C@@H](O)[C@H](O)[C@@H]1O[C@H]1O[C@H](CO)[C@@H](O)[C@H](OC(N)=O)[C@@H]1O)c1cnc[nH]1.